The second-order valence-corrected chi connectivity index (χ2v) is 5.05. The molecule has 0 spiro atoms. The van der Waals surface area contributed by atoms with Crippen molar-refractivity contribution < 1.29 is 18.3 Å². The second-order valence-electron chi connectivity index (χ2n) is 5.05. The Morgan fingerprint density at radius 3 is 2.57 bits per heavy atom. The first-order valence-electron chi connectivity index (χ1n) is 7.19. The third kappa shape index (κ3) is 3.45. The summed E-state index contributed by atoms with van der Waals surface area (Å²) in [5.74, 6) is -2.32. The van der Waals surface area contributed by atoms with Crippen LogP contribution < -0.4 is 10.2 Å². The van der Waals surface area contributed by atoms with E-state index in [1.807, 2.05) is 0 Å². The molecule has 0 unspecified atom stereocenters. The van der Waals surface area contributed by atoms with E-state index in [1.165, 1.54) is 12.3 Å². The van der Waals surface area contributed by atoms with Gasteiger partial charge in [-0.2, -0.15) is 0 Å². The molecule has 0 saturated carbocycles. The summed E-state index contributed by atoms with van der Waals surface area (Å²) >= 11 is 0. The highest BCUT2D eigenvalue weighted by molar-refractivity contribution is 6.03. The fraction of sp³-hybridized carbons (Fsp3) is 0.250. The third-order valence-electron chi connectivity index (χ3n) is 3.55. The molecule has 7 heteroatoms. The maximum atomic E-state index is 13.6. The molecule has 120 valence electrons. The lowest BCUT2D eigenvalue weighted by molar-refractivity contribution is 0.102. The zero-order valence-corrected chi connectivity index (χ0v) is 12.3. The van der Waals surface area contributed by atoms with Gasteiger partial charge in [0.05, 0.1) is 13.2 Å². The zero-order valence-electron chi connectivity index (χ0n) is 12.3. The Morgan fingerprint density at radius 1 is 1.17 bits per heavy atom. The van der Waals surface area contributed by atoms with Gasteiger partial charge in [0.1, 0.15) is 23.0 Å². The van der Waals surface area contributed by atoms with E-state index < -0.39 is 23.2 Å². The Kier molecular flexibility index (Phi) is 4.47. The Hall–Kier alpha value is -2.54. The van der Waals surface area contributed by atoms with Gasteiger partial charge in [-0.1, -0.05) is 6.07 Å². The minimum absolute atomic E-state index is 0.0941. The minimum atomic E-state index is -0.831. The highest BCUT2D eigenvalue weighted by Gasteiger charge is 2.17. The molecule has 1 fully saturated rings. The van der Waals surface area contributed by atoms with Crippen LogP contribution in [0.25, 0.3) is 0 Å². The second kappa shape index (κ2) is 6.70. The molecular formula is C16H15F2N3O2. The number of anilines is 2. The molecule has 0 bridgehead atoms. The fourth-order valence-electron chi connectivity index (χ4n) is 2.36. The van der Waals surface area contributed by atoms with E-state index in [4.69, 9.17) is 4.74 Å². The smallest absolute Gasteiger partial charge is 0.274 e. The van der Waals surface area contributed by atoms with Crippen molar-refractivity contribution >= 4 is 17.3 Å². The van der Waals surface area contributed by atoms with Crippen LogP contribution in [0.4, 0.5) is 20.2 Å². The van der Waals surface area contributed by atoms with Crippen molar-refractivity contribution in [2.24, 2.45) is 0 Å². The van der Waals surface area contributed by atoms with Crippen molar-refractivity contribution in [2.75, 3.05) is 36.5 Å². The zero-order chi connectivity index (χ0) is 16.2. The first-order valence-corrected chi connectivity index (χ1v) is 7.19. The normalized spacial score (nSPS) is 14.6. The summed E-state index contributed by atoms with van der Waals surface area (Å²) < 4.78 is 32.5. The Balaban J connectivity index is 1.80. The van der Waals surface area contributed by atoms with Gasteiger partial charge < -0.3 is 15.0 Å². The quantitative estimate of drug-likeness (QED) is 0.944. The van der Waals surface area contributed by atoms with E-state index >= 15 is 0 Å². The topological polar surface area (TPSA) is 54.5 Å². The van der Waals surface area contributed by atoms with Crippen LogP contribution in [0.2, 0.25) is 0 Å². The van der Waals surface area contributed by atoms with E-state index in [2.05, 4.69) is 15.2 Å². The van der Waals surface area contributed by atoms with Crippen LogP contribution >= 0.6 is 0 Å². The van der Waals surface area contributed by atoms with Gasteiger partial charge in [-0.15, -0.1) is 0 Å². The highest BCUT2D eigenvalue weighted by atomic mass is 19.1. The van der Waals surface area contributed by atoms with Crippen LogP contribution in [0.1, 0.15) is 10.5 Å². The number of nitrogens with zero attached hydrogens (tertiary/aromatic N) is 2. The molecule has 5 nitrogen and oxygen atoms in total. The molecule has 0 aliphatic carbocycles. The summed E-state index contributed by atoms with van der Waals surface area (Å²) in [5, 5.41) is 2.23. The van der Waals surface area contributed by atoms with Gasteiger partial charge in [0.2, 0.25) is 0 Å². The number of morpholine rings is 1. The van der Waals surface area contributed by atoms with E-state index in [0.717, 1.165) is 17.8 Å². The van der Waals surface area contributed by atoms with Gasteiger partial charge >= 0.3 is 0 Å². The predicted molar refractivity (Wildman–Crippen MR) is 81.6 cm³/mol. The molecule has 1 aromatic carbocycles. The largest absolute Gasteiger partial charge is 0.378 e. The summed E-state index contributed by atoms with van der Waals surface area (Å²) in [6.07, 6.45) is 1.50. The van der Waals surface area contributed by atoms with Gasteiger partial charge in [-0.25, -0.2) is 8.78 Å². The summed E-state index contributed by atoms with van der Waals surface area (Å²) in [7, 11) is 0. The summed E-state index contributed by atoms with van der Waals surface area (Å²) in [5.41, 5.74) is 0.440. The summed E-state index contributed by atoms with van der Waals surface area (Å²) in [6.45, 7) is 2.66. The van der Waals surface area contributed by atoms with Gasteiger partial charge in [0.15, 0.2) is 0 Å². The molecular weight excluding hydrogens is 304 g/mol. The van der Waals surface area contributed by atoms with Gasteiger partial charge in [0.25, 0.3) is 5.91 Å². The number of benzene rings is 1. The molecule has 23 heavy (non-hydrogen) atoms. The number of aromatic nitrogens is 1. The van der Waals surface area contributed by atoms with Crippen molar-refractivity contribution in [1.29, 1.82) is 0 Å². The van der Waals surface area contributed by atoms with E-state index in [9.17, 15) is 13.6 Å². The number of halogens is 2. The van der Waals surface area contributed by atoms with Crippen molar-refractivity contribution in [3.05, 3.63) is 53.9 Å². The van der Waals surface area contributed by atoms with Gasteiger partial charge in [-0.05, 0) is 24.3 Å². The molecule has 1 N–H and O–H groups in total. The molecule has 2 aromatic rings. The van der Waals surface area contributed by atoms with Crippen LogP contribution in [0.15, 0.2) is 36.5 Å². The maximum Gasteiger partial charge on any atom is 0.274 e. The van der Waals surface area contributed by atoms with Crippen molar-refractivity contribution in [1.82, 2.24) is 4.98 Å². The van der Waals surface area contributed by atoms with E-state index in [1.54, 1.807) is 12.1 Å². The third-order valence-corrected chi connectivity index (χ3v) is 3.55. The van der Waals surface area contributed by atoms with Crippen molar-refractivity contribution in [3.63, 3.8) is 0 Å². The molecule has 1 amide bonds. The number of carbonyl (C=O) groups excluding carboxylic acids is 1. The number of pyridine rings is 1. The molecule has 2 heterocycles. The number of para-hydroxylation sites is 1. The lowest BCUT2D eigenvalue weighted by Gasteiger charge is -2.28. The minimum Gasteiger partial charge on any atom is -0.378 e. The number of amides is 1. The number of rotatable bonds is 3. The number of nitrogens with one attached hydrogen (secondary N) is 1. The number of hydrogen-bond donors (Lipinski definition) is 1. The van der Waals surface area contributed by atoms with E-state index in [-0.39, 0.29) is 5.69 Å². The standard InChI is InChI=1S/C16H15F2N3O2/c17-12-2-1-3-13(18)15(12)20-16(22)14-10-11(4-5-19-14)21-6-8-23-9-7-21/h1-5,10H,6-9H2,(H,20,22). The Labute approximate surface area is 131 Å². The lowest BCUT2D eigenvalue weighted by atomic mass is 10.2. The van der Waals surface area contributed by atoms with Crippen LogP contribution in [0, 0.1) is 11.6 Å². The monoisotopic (exact) mass is 319 g/mol. The van der Waals surface area contributed by atoms with Crippen molar-refractivity contribution in [3.8, 4) is 0 Å². The molecule has 1 aliphatic heterocycles. The summed E-state index contributed by atoms with van der Waals surface area (Å²) in [4.78, 5) is 18.2. The molecule has 1 saturated heterocycles. The molecule has 0 atom stereocenters. The van der Waals surface area contributed by atoms with E-state index in [0.29, 0.717) is 26.3 Å². The number of ether oxygens (including phenoxy) is 1. The van der Waals surface area contributed by atoms with Crippen LogP contribution in [-0.2, 0) is 4.74 Å². The van der Waals surface area contributed by atoms with Crippen LogP contribution in [0.5, 0.6) is 0 Å². The Bertz CT molecular complexity index is 698. The number of hydrogen-bond acceptors (Lipinski definition) is 4. The average molecular weight is 319 g/mol. The maximum absolute atomic E-state index is 13.6. The van der Waals surface area contributed by atoms with Crippen molar-refractivity contribution in [2.45, 2.75) is 0 Å². The molecule has 3 rings (SSSR count). The SMILES string of the molecule is O=C(Nc1c(F)cccc1F)c1cc(N2CCOCC2)ccn1. The summed E-state index contributed by atoms with van der Waals surface area (Å²) in [6, 6.07) is 6.77. The lowest BCUT2D eigenvalue weighted by Crippen LogP contribution is -2.36. The van der Waals surface area contributed by atoms with Crippen LogP contribution in [0.3, 0.4) is 0 Å². The first-order chi connectivity index (χ1) is 11.1. The number of carbonyl (C=O) groups is 1. The first kappa shape index (κ1) is 15.4. The molecule has 1 aromatic heterocycles. The van der Waals surface area contributed by atoms with Gasteiger partial charge in [0, 0.05) is 25.0 Å². The predicted octanol–water partition coefficient (Wildman–Crippen LogP) is 2.45. The fourth-order valence-corrected chi connectivity index (χ4v) is 2.36. The van der Waals surface area contributed by atoms with Gasteiger partial charge in [-0.3, -0.25) is 9.78 Å². The van der Waals surface area contributed by atoms with Crippen LogP contribution in [-0.4, -0.2) is 37.2 Å². The average Bonchev–Trinajstić information content (AvgIpc) is 2.59. The highest BCUT2D eigenvalue weighted by Crippen LogP contribution is 2.20. The molecule has 1 aliphatic rings. The molecule has 0 radical (unpaired) electrons. The Morgan fingerprint density at radius 2 is 1.87 bits per heavy atom.